The van der Waals surface area contributed by atoms with E-state index in [-0.39, 0.29) is 16.1 Å². The van der Waals surface area contributed by atoms with Crippen LogP contribution in [0.15, 0.2) is 12.1 Å². The van der Waals surface area contributed by atoms with Crippen LogP contribution in [0.4, 0.5) is 5.82 Å². The van der Waals surface area contributed by atoms with E-state index in [4.69, 9.17) is 16.7 Å². The molecule has 1 rings (SSSR count). The second-order valence-corrected chi connectivity index (χ2v) is 5.11. The van der Waals surface area contributed by atoms with Gasteiger partial charge < -0.3 is 10.4 Å². The van der Waals surface area contributed by atoms with E-state index in [0.717, 1.165) is 13.0 Å². The van der Waals surface area contributed by atoms with Crippen molar-refractivity contribution in [1.29, 1.82) is 0 Å². The largest absolute Gasteiger partial charge is 0.476 e. The van der Waals surface area contributed by atoms with Gasteiger partial charge in [0.1, 0.15) is 5.82 Å². The van der Waals surface area contributed by atoms with Crippen molar-refractivity contribution in [3.63, 3.8) is 0 Å². The molecule has 0 atom stereocenters. The molecule has 17 heavy (non-hydrogen) atoms. The molecule has 0 radical (unpaired) electrons. The first kappa shape index (κ1) is 13.8. The zero-order valence-electron chi connectivity index (χ0n) is 10.2. The van der Waals surface area contributed by atoms with Gasteiger partial charge in [-0.25, -0.2) is 9.78 Å². The lowest BCUT2D eigenvalue weighted by Gasteiger charge is -2.23. The Morgan fingerprint density at radius 2 is 2.18 bits per heavy atom. The van der Waals surface area contributed by atoms with Crippen LogP contribution in [0.25, 0.3) is 0 Å². The summed E-state index contributed by atoms with van der Waals surface area (Å²) in [5.41, 5.74) is 0.0241. The first-order valence-electron chi connectivity index (χ1n) is 5.49. The molecule has 5 heteroatoms. The van der Waals surface area contributed by atoms with Gasteiger partial charge in [-0.15, -0.1) is 0 Å². The number of halogens is 1. The maximum Gasteiger partial charge on any atom is 0.356 e. The van der Waals surface area contributed by atoms with Crippen LogP contribution in [-0.2, 0) is 0 Å². The predicted octanol–water partition coefficient (Wildman–Crippen LogP) is 3.28. The monoisotopic (exact) mass is 256 g/mol. The summed E-state index contributed by atoms with van der Waals surface area (Å²) in [5.74, 6) is -0.582. The van der Waals surface area contributed by atoms with Gasteiger partial charge in [-0.3, -0.25) is 0 Å². The van der Waals surface area contributed by atoms with E-state index < -0.39 is 5.97 Å². The van der Waals surface area contributed by atoms with E-state index >= 15 is 0 Å². The van der Waals surface area contributed by atoms with Crippen molar-refractivity contribution in [3.8, 4) is 0 Å². The molecule has 0 amide bonds. The SMILES string of the molecule is CCC(C)(C)CNc1ccc(Cl)c(C(=O)O)n1. The smallest absolute Gasteiger partial charge is 0.356 e. The summed E-state index contributed by atoms with van der Waals surface area (Å²) in [6.07, 6.45) is 1.03. The summed E-state index contributed by atoms with van der Waals surface area (Å²) in [5, 5.41) is 12.2. The van der Waals surface area contributed by atoms with Crippen LogP contribution < -0.4 is 5.32 Å². The Morgan fingerprint density at radius 1 is 1.53 bits per heavy atom. The minimum atomic E-state index is -1.12. The van der Waals surface area contributed by atoms with Crippen LogP contribution >= 0.6 is 11.6 Å². The Bertz CT molecular complexity index is 419. The van der Waals surface area contributed by atoms with E-state index in [1.165, 1.54) is 0 Å². The third kappa shape index (κ3) is 3.89. The van der Waals surface area contributed by atoms with Crippen LogP contribution in [0, 0.1) is 5.41 Å². The third-order valence-electron chi connectivity index (χ3n) is 2.75. The van der Waals surface area contributed by atoms with Crippen LogP contribution in [0.5, 0.6) is 0 Å². The lowest BCUT2D eigenvalue weighted by molar-refractivity contribution is 0.0691. The summed E-state index contributed by atoms with van der Waals surface area (Å²) in [4.78, 5) is 14.8. The number of hydrogen-bond donors (Lipinski definition) is 2. The van der Waals surface area contributed by atoms with Crippen LogP contribution in [-0.4, -0.2) is 22.6 Å². The highest BCUT2D eigenvalue weighted by Crippen LogP contribution is 2.21. The van der Waals surface area contributed by atoms with E-state index in [9.17, 15) is 4.79 Å². The molecule has 0 aliphatic carbocycles. The zero-order valence-corrected chi connectivity index (χ0v) is 11.0. The molecule has 94 valence electrons. The summed E-state index contributed by atoms with van der Waals surface area (Å²) >= 11 is 5.74. The van der Waals surface area contributed by atoms with E-state index in [0.29, 0.717) is 5.82 Å². The Balaban J connectivity index is 2.80. The third-order valence-corrected chi connectivity index (χ3v) is 3.06. The maximum atomic E-state index is 10.9. The Hall–Kier alpha value is -1.29. The molecule has 0 aliphatic heterocycles. The van der Waals surface area contributed by atoms with Crippen molar-refractivity contribution >= 4 is 23.4 Å². The van der Waals surface area contributed by atoms with Gasteiger partial charge in [0.25, 0.3) is 0 Å². The minimum Gasteiger partial charge on any atom is -0.476 e. The van der Waals surface area contributed by atoms with Crippen LogP contribution in [0.2, 0.25) is 5.02 Å². The molecular weight excluding hydrogens is 240 g/mol. The fourth-order valence-electron chi connectivity index (χ4n) is 1.15. The molecular formula is C12H17ClN2O2. The number of rotatable bonds is 5. The number of carboxylic acids is 1. The number of anilines is 1. The van der Waals surface area contributed by atoms with E-state index in [1.807, 2.05) is 0 Å². The zero-order chi connectivity index (χ0) is 13.1. The molecule has 2 N–H and O–H groups in total. The molecule has 0 aromatic carbocycles. The van der Waals surface area contributed by atoms with Crippen molar-refractivity contribution in [2.75, 3.05) is 11.9 Å². The van der Waals surface area contributed by atoms with Crippen molar-refractivity contribution < 1.29 is 9.90 Å². The number of nitrogens with zero attached hydrogens (tertiary/aromatic N) is 1. The molecule has 0 spiro atoms. The van der Waals surface area contributed by atoms with Gasteiger partial charge >= 0.3 is 5.97 Å². The predicted molar refractivity (Wildman–Crippen MR) is 68.8 cm³/mol. The number of carboxylic acid groups (broad SMARTS) is 1. The Labute approximate surface area is 106 Å². The topological polar surface area (TPSA) is 62.2 Å². The summed E-state index contributed by atoms with van der Waals surface area (Å²) in [7, 11) is 0. The van der Waals surface area contributed by atoms with Gasteiger partial charge in [0.2, 0.25) is 0 Å². The van der Waals surface area contributed by atoms with Gasteiger partial charge in [-0.05, 0) is 24.0 Å². The Kier molecular flexibility index (Phi) is 4.34. The molecule has 0 fully saturated rings. The molecule has 4 nitrogen and oxygen atoms in total. The number of pyridine rings is 1. The van der Waals surface area contributed by atoms with Crippen molar-refractivity contribution in [2.24, 2.45) is 5.41 Å². The highest BCUT2D eigenvalue weighted by Gasteiger charge is 2.16. The second-order valence-electron chi connectivity index (χ2n) is 4.70. The summed E-state index contributed by atoms with van der Waals surface area (Å²) < 4.78 is 0. The van der Waals surface area contributed by atoms with Gasteiger partial charge in [-0.1, -0.05) is 32.4 Å². The van der Waals surface area contributed by atoms with Crippen molar-refractivity contribution in [1.82, 2.24) is 4.98 Å². The maximum absolute atomic E-state index is 10.9. The molecule has 0 saturated carbocycles. The average molecular weight is 257 g/mol. The molecule has 0 unspecified atom stereocenters. The fraction of sp³-hybridized carbons (Fsp3) is 0.500. The summed E-state index contributed by atoms with van der Waals surface area (Å²) in [6.45, 7) is 7.11. The van der Waals surface area contributed by atoms with Gasteiger partial charge in [0, 0.05) is 6.54 Å². The number of carbonyl (C=O) groups is 1. The van der Waals surface area contributed by atoms with Crippen molar-refractivity contribution in [3.05, 3.63) is 22.8 Å². The van der Waals surface area contributed by atoms with E-state index in [2.05, 4.69) is 31.1 Å². The van der Waals surface area contributed by atoms with Crippen LogP contribution in [0.3, 0.4) is 0 Å². The molecule has 1 heterocycles. The molecule has 0 aliphatic rings. The number of aromatic carboxylic acids is 1. The lowest BCUT2D eigenvalue weighted by Crippen LogP contribution is -2.22. The highest BCUT2D eigenvalue weighted by atomic mass is 35.5. The molecule has 0 bridgehead atoms. The first-order chi connectivity index (χ1) is 7.85. The normalized spacial score (nSPS) is 11.3. The van der Waals surface area contributed by atoms with Crippen molar-refractivity contribution in [2.45, 2.75) is 27.2 Å². The number of aromatic nitrogens is 1. The van der Waals surface area contributed by atoms with Gasteiger partial charge in [0.15, 0.2) is 5.69 Å². The molecule has 1 aromatic rings. The molecule has 0 saturated heterocycles. The van der Waals surface area contributed by atoms with Gasteiger partial charge in [-0.2, -0.15) is 0 Å². The number of hydrogen-bond acceptors (Lipinski definition) is 3. The van der Waals surface area contributed by atoms with Gasteiger partial charge in [0.05, 0.1) is 5.02 Å². The fourth-order valence-corrected chi connectivity index (χ4v) is 1.33. The first-order valence-corrected chi connectivity index (χ1v) is 5.87. The average Bonchev–Trinajstić information content (AvgIpc) is 2.27. The minimum absolute atomic E-state index is 0.119. The number of nitrogens with one attached hydrogen (secondary N) is 1. The van der Waals surface area contributed by atoms with E-state index in [1.54, 1.807) is 12.1 Å². The molecule has 1 aromatic heterocycles. The lowest BCUT2D eigenvalue weighted by atomic mass is 9.90. The van der Waals surface area contributed by atoms with Crippen LogP contribution in [0.1, 0.15) is 37.7 Å². The highest BCUT2D eigenvalue weighted by molar-refractivity contribution is 6.33. The summed E-state index contributed by atoms with van der Waals surface area (Å²) in [6, 6.07) is 3.22. The Morgan fingerprint density at radius 3 is 2.71 bits per heavy atom. The standard InChI is InChI=1S/C12H17ClN2O2/c1-4-12(2,3)7-14-9-6-5-8(13)10(15-9)11(16)17/h5-6H,4,7H2,1-3H3,(H,14,15)(H,16,17). The quantitative estimate of drug-likeness (QED) is 0.849. The second kappa shape index (κ2) is 5.36.